The van der Waals surface area contributed by atoms with Crippen LogP contribution in [-0.4, -0.2) is 13.7 Å². The molecule has 1 aromatic carbocycles. The quantitative estimate of drug-likeness (QED) is 0.914. The minimum atomic E-state index is 0.120. The van der Waals surface area contributed by atoms with E-state index in [1.165, 1.54) is 5.56 Å². The third-order valence-corrected chi connectivity index (χ3v) is 3.38. The van der Waals surface area contributed by atoms with Gasteiger partial charge in [0, 0.05) is 0 Å². The fourth-order valence-electron chi connectivity index (χ4n) is 1.44. The Morgan fingerprint density at radius 1 is 1.40 bits per heavy atom. The number of halogens is 1. The Kier molecular flexibility index (Phi) is 4.17. The van der Waals surface area contributed by atoms with Crippen molar-refractivity contribution < 1.29 is 4.74 Å². The zero-order valence-corrected chi connectivity index (χ0v) is 11.1. The van der Waals surface area contributed by atoms with Gasteiger partial charge in [-0.1, -0.05) is 26.0 Å². The monoisotopic (exact) mass is 271 g/mol. The summed E-state index contributed by atoms with van der Waals surface area (Å²) in [6, 6.07) is 6.05. The molecule has 0 aromatic heterocycles. The van der Waals surface area contributed by atoms with Gasteiger partial charge in [-0.15, -0.1) is 0 Å². The van der Waals surface area contributed by atoms with E-state index in [0.717, 1.165) is 16.6 Å². The van der Waals surface area contributed by atoms with E-state index in [0.29, 0.717) is 6.54 Å². The fraction of sp³-hybridized carbons (Fsp3) is 0.500. The van der Waals surface area contributed by atoms with E-state index in [1.807, 2.05) is 12.1 Å². The van der Waals surface area contributed by atoms with E-state index in [1.54, 1.807) is 7.11 Å². The van der Waals surface area contributed by atoms with Crippen LogP contribution in [0.2, 0.25) is 0 Å². The molecule has 0 amide bonds. The highest BCUT2D eigenvalue weighted by Gasteiger charge is 2.18. The summed E-state index contributed by atoms with van der Waals surface area (Å²) in [5.74, 6) is 0.875. The lowest BCUT2D eigenvalue weighted by molar-refractivity contribution is 0.373. The standard InChI is InChI=1S/C12H18BrNO/c1-12(2,8-14)7-9-5-4-6-10(15-3)11(9)13/h4-6H,7-8,14H2,1-3H3. The normalized spacial score (nSPS) is 11.5. The van der Waals surface area contributed by atoms with Crippen LogP contribution in [0.25, 0.3) is 0 Å². The van der Waals surface area contributed by atoms with E-state index in [9.17, 15) is 0 Å². The molecule has 0 spiro atoms. The number of hydrogen-bond acceptors (Lipinski definition) is 2. The minimum Gasteiger partial charge on any atom is -0.496 e. The Morgan fingerprint density at radius 3 is 2.60 bits per heavy atom. The Bertz CT molecular complexity index is 336. The van der Waals surface area contributed by atoms with Crippen molar-refractivity contribution in [1.82, 2.24) is 0 Å². The molecule has 0 saturated carbocycles. The van der Waals surface area contributed by atoms with Crippen molar-refractivity contribution in [3.05, 3.63) is 28.2 Å². The van der Waals surface area contributed by atoms with Crippen LogP contribution in [0.3, 0.4) is 0 Å². The average Bonchev–Trinajstić information content (AvgIpc) is 2.21. The van der Waals surface area contributed by atoms with Gasteiger partial charge in [0.25, 0.3) is 0 Å². The first-order chi connectivity index (χ1) is 7.00. The van der Waals surface area contributed by atoms with Gasteiger partial charge in [0.1, 0.15) is 5.75 Å². The molecule has 0 saturated heterocycles. The van der Waals surface area contributed by atoms with E-state index in [-0.39, 0.29) is 5.41 Å². The maximum atomic E-state index is 5.73. The average molecular weight is 272 g/mol. The van der Waals surface area contributed by atoms with Crippen molar-refractivity contribution in [2.45, 2.75) is 20.3 Å². The molecule has 0 heterocycles. The minimum absolute atomic E-state index is 0.120. The molecule has 0 unspecified atom stereocenters. The lowest BCUT2D eigenvalue weighted by Gasteiger charge is -2.23. The summed E-state index contributed by atoms with van der Waals surface area (Å²) in [7, 11) is 1.68. The van der Waals surface area contributed by atoms with Gasteiger partial charge in [0.05, 0.1) is 11.6 Å². The zero-order valence-electron chi connectivity index (χ0n) is 9.51. The largest absolute Gasteiger partial charge is 0.496 e. The molecule has 2 nitrogen and oxygen atoms in total. The number of benzene rings is 1. The van der Waals surface area contributed by atoms with Crippen molar-refractivity contribution in [1.29, 1.82) is 0 Å². The molecule has 3 heteroatoms. The first-order valence-corrected chi connectivity index (χ1v) is 5.81. The molecule has 1 rings (SSSR count). The molecule has 0 bridgehead atoms. The van der Waals surface area contributed by atoms with Gasteiger partial charge in [-0.25, -0.2) is 0 Å². The molecule has 0 aliphatic carbocycles. The van der Waals surface area contributed by atoms with E-state index < -0.39 is 0 Å². The summed E-state index contributed by atoms with van der Waals surface area (Å²) >= 11 is 3.56. The van der Waals surface area contributed by atoms with E-state index in [2.05, 4.69) is 35.8 Å². The van der Waals surface area contributed by atoms with Gasteiger partial charge in [0.2, 0.25) is 0 Å². The molecule has 0 aliphatic heterocycles. The van der Waals surface area contributed by atoms with E-state index >= 15 is 0 Å². The molecule has 0 fully saturated rings. The number of hydrogen-bond donors (Lipinski definition) is 1. The van der Waals surface area contributed by atoms with Gasteiger partial charge in [0.15, 0.2) is 0 Å². The second kappa shape index (κ2) is 4.99. The van der Waals surface area contributed by atoms with Crippen molar-refractivity contribution in [3.8, 4) is 5.75 Å². The molecule has 15 heavy (non-hydrogen) atoms. The SMILES string of the molecule is COc1cccc(CC(C)(C)CN)c1Br. The van der Waals surface area contributed by atoms with Crippen LogP contribution in [0.4, 0.5) is 0 Å². The smallest absolute Gasteiger partial charge is 0.133 e. The second-order valence-corrected chi connectivity index (χ2v) is 5.27. The summed E-state index contributed by atoms with van der Waals surface area (Å²) in [6.07, 6.45) is 0.946. The number of rotatable bonds is 4. The molecule has 84 valence electrons. The maximum Gasteiger partial charge on any atom is 0.133 e. The maximum absolute atomic E-state index is 5.73. The third-order valence-electron chi connectivity index (χ3n) is 2.48. The molecular formula is C12H18BrNO. The molecule has 0 atom stereocenters. The van der Waals surface area contributed by atoms with Gasteiger partial charge < -0.3 is 10.5 Å². The van der Waals surface area contributed by atoms with Gasteiger partial charge in [-0.3, -0.25) is 0 Å². The van der Waals surface area contributed by atoms with Crippen LogP contribution in [0.1, 0.15) is 19.4 Å². The molecular weight excluding hydrogens is 254 g/mol. The highest BCUT2D eigenvalue weighted by molar-refractivity contribution is 9.10. The van der Waals surface area contributed by atoms with Crippen LogP contribution >= 0.6 is 15.9 Å². The van der Waals surface area contributed by atoms with Crippen molar-refractivity contribution in [3.63, 3.8) is 0 Å². The van der Waals surface area contributed by atoms with Crippen LogP contribution in [0.5, 0.6) is 5.75 Å². The predicted molar refractivity (Wildman–Crippen MR) is 67.2 cm³/mol. The van der Waals surface area contributed by atoms with Crippen molar-refractivity contribution in [2.24, 2.45) is 11.1 Å². The lowest BCUT2D eigenvalue weighted by atomic mass is 9.86. The van der Waals surface area contributed by atoms with Crippen LogP contribution in [0.15, 0.2) is 22.7 Å². The summed E-state index contributed by atoms with van der Waals surface area (Å²) in [5.41, 5.74) is 7.09. The molecule has 1 aromatic rings. The van der Waals surface area contributed by atoms with Gasteiger partial charge in [-0.2, -0.15) is 0 Å². The molecule has 2 N–H and O–H groups in total. The summed E-state index contributed by atoms with van der Waals surface area (Å²) < 4.78 is 6.29. The predicted octanol–water partition coefficient (Wildman–Crippen LogP) is 2.99. The summed E-state index contributed by atoms with van der Waals surface area (Å²) in [5, 5.41) is 0. The fourth-order valence-corrected chi connectivity index (χ4v) is 2.00. The van der Waals surface area contributed by atoms with Gasteiger partial charge in [-0.05, 0) is 45.9 Å². The third kappa shape index (κ3) is 3.21. The second-order valence-electron chi connectivity index (χ2n) is 4.48. The Labute approximate surface area is 99.9 Å². The van der Waals surface area contributed by atoms with Crippen LogP contribution in [-0.2, 0) is 6.42 Å². The summed E-state index contributed by atoms with van der Waals surface area (Å²) in [6.45, 7) is 5.01. The number of nitrogens with two attached hydrogens (primary N) is 1. The number of ether oxygens (including phenoxy) is 1. The highest BCUT2D eigenvalue weighted by atomic mass is 79.9. The van der Waals surface area contributed by atoms with Crippen molar-refractivity contribution >= 4 is 15.9 Å². The summed E-state index contributed by atoms with van der Waals surface area (Å²) in [4.78, 5) is 0. The Hall–Kier alpha value is -0.540. The number of methoxy groups -OCH3 is 1. The van der Waals surface area contributed by atoms with Gasteiger partial charge >= 0.3 is 0 Å². The first kappa shape index (κ1) is 12.5. The molecule has 0 radical (unpaired) electrons. The Morgan fingerprint density at radius 2 is 2.07 bits per heavy atom. The van der Waals surface area contributed by atoms with Crippen LogP contribution in [0, 0.1) is 5.41 Å². The Balaban J connectivity index is 2.95. The highest BCUT2D eigenvalue weighted by Crippen LogP contribution is 2.32. The zero-order chi connectivity index (χ0) is 11.5. The lowest BCUT2D eigenvalue weighted by Crippen LogP contribution is -2.26. The molecule has 0 aliphatic rings. The topological polar surface area (TPSA) is 35.2 Å². The van der Waals surface area contributed by atoms with E-state index in [4.69, 9.17) is 10.5 Å². The van der Waals surface area contributed by atoms with Crippen molar-refractivity contribution in [2.75, 3.05) is 13.7 Å². The first-order valence-electron chi connectivity index (χ1n) is 5.01. The van der Waals surface area contributed by atoms with Crippen LogP contribution < -0.4 is 10.5 Å².